The Morgan fingerprint density at radius 2 is 1.68 bits per heavy atom. The Kier molecular flexibility index (Phi) is 3.73. The van der Waals surface area contributed by atoms with E-state index in [0.29, 0.717) is 6.04 Å². The van der Waals surface area contributed by atoms with Crippen molar-refractivity contribution >= 4 is 23.0 Å². The number of ether oxygens (including phenoxy) is 1. The molecule has 22 heavy (non-hydrogen) atoms. The van der Waals surface area contributed by atoms with E-state index in [9.17, 15) is 0 Å². The molecule has 4 aliphatic carbocycles. The maximum Gasteiger partial charge on any atom is 0.171 e. The second kappa shape index (κ2) is 5.73. The van der Waals surface area contributed by atoms with Gasteiger partial charge in [-0.25, -0.2) is 0 Å². The zero-order chi connectivity index (χ0) is 15.1. The van der Waals surface area contributed by atoms with E-state index >= 15 is 0 Å². The van der Waals surface area contributed by atoms with Crippen LogP contribution in [-0.2, 0) is 0 Å². The molecular formula is C18H24N2OS. The van der Waals surface area contributed by atoms with Crippen LogP contribution in [0.3, 0.4) is 0 Å². The van der Waals surface area contributed by atoms with E-state index in [2.05, 4.69) is 10.6 Å². The predicted octanol–water partition coefficient (Wildman–Crippen LogP) is 3.81. The van der Waals surface area contributed by atoms with E-state index in [1.165, 1.54) is 32.1 Å². The lowest BCUT2D eigenvalue weighted by molar-refractivity contribution is -0.00665. The van der Waals surface area contributed by atoms with E-state index in [1.807, 2.05) is 24.3 Å². The summed E-state index contributed by atoms with van der Waals surface area (Å²) in [4.78, 5) is 0. The summed E-state index contributed by atoms with van der Waals surface area (Å²) in [6.45, 7) is 0. The van der Waals surface area contributed by atoms with Crippen molar-refractivity contribution in [2.24, 2.45) is 23.7 Å². The van der Waals surface area contributed by atoms with Gasteiger partial charge in [0.1, 0.15) is 5.75 Å². The molecule has 4 aliphatic rings. The topological polar surface area (TPSA) is 33.3 Å². The molecule has 0 radical (unpaired) electrons. The number of hydrogen-bond acceptors (Lipinski definition) is 2. The van der Waals surface area contributed by atoms with Crippen molar-refractivity contribution in [1.29, 1.82) is 0 Å². The Labute approximate surface area is 137 Å². The van der Waals surface area contributed by atoms with Crippen molar-refractivity contribution in [2.75, 3.05) is 12.4 Å². The first-order valence-corrected chi connectivity index (χ1v) is 8.84. The normalized spacial score (nSPS) is 35.2. The summed E-state index contributed by atoms with van der Waals surface area (Å²) in [6.07, 6.45) is 7.11. The number of methoxy groups -OCH3 is 1. The lowest BCUT2D eigenvalue weighted by Gasteiger charge is -2.54. The Balaban J connectivity index is 1.42. The molecule has 0 spiro atoms. The fraction of sp³-hybridized carbons (Fsp3) is 0.611. The van der Waals surface area contributed by atoms with E-state index in [-0.39, 0.29) is 0 Å². The van der Waals surface area contributed by atoms with Crippen LogP contribution < -0.4 is 15.4 Å². The van der Waals surface area contributed by atoms with Gasteiger partial charge < -0.3 is 15.4 Å². The summed E-state index contributed by atoms with van der Waals surface area (Å²) in [6, 6.07) is 8.49. The average Bonchev–Trinajstić information content (AvgIpc) is 2.51. The Hall–Kier alpha value is -1.29. The van der Waals surface area contributed by atoms with Gasteiger partial charge in [0.05, 0.1) is 12.8 Å². The molecule has 4 saturated carbocycles. The van der Waals surface area contributed by atoms with Crippen molar-refractivity contribution in [1.82, 2.24) is 5.32 Å². The molecule has 1 aromatic rings. The van der Waals surface area contributed by atoms with Crippen LogP contribution in [0, 0.1) is 23.7 Å². The van der Waals surface area contributed by atoms with Crippen molar-refractivity contribution < 1.29 is 4.74 Å². The summed E-state index contributed by atoms with van der Waals surface area (Å²) in [7, 11) is 1.69. The summed E-state index contributed by atoms with van der Waals surface area (Å²) in [5.74, 6) is 4.48. The van der Waals surface area contributed by atoms with Gasteiger partial charge >= 0.3 is 0 Å². The monoisotopic (exact) mass is 316 g/mol. The van der Waals surface area contributed by atoms with Gasteiger partial charge in [-0.2, -0.15) is 0 Å². The minimum absolute atomic E-state index is 0.572. The second-order valence-electron chi connectivity index (χ2n) is 7.26. The molecule has 0 heterocycles. The molecule has 3 nitrogen and oxygen atoms in total. The van der Waals surface area contributed by atoms with Gasteiger partial charge in [0, 0.05) is 6.04 Å². The largest absolute Gasteiger partial charge is 0.495 e. The first kappa shape index (κ1) is 14.3. The van der Waals surface area contributed by atoms with Gasteiger partial charge in [-0.1, -0.05) is 12.1 Å². The van der Waals surface area contributed by atoms with E-state index < -0.39 is 0 Å². The lowest BCUT2D eigenvalue weighted by atomic mass is 9.54. The van der Waals surface area contributed by atoms with Crippen molar-refractivity contribution in [3.63, 3.8) is 0 Å². The van der Waals surface area contributed by atoms with Crippen LogP contribution in [-0.4, -0.2) is 18.3 Å². The molecule has 0 amide bonds. The first-order valence-electron chi connectivity index (χ1n) is 8.43. The van der Waals surface area contributed by atoms with Gasteiger partial charge in [-0.05, 0) is 80.1 Å². The summed E-state index contributed by atoms with van der Waals surface area (Å²) < 4.78 is 5.38. The maximum absolute atomic E-state index is 5.57. The molecule has 0 unspecified atom stereocenters. The van der Waals surface area contributed by atoms with Crippen LogP contribution in [0.15, 0.2) is 24.3 Å². The van der Waals surface area contributed by atoms with Crippen LogP contribution in [0.4, 0.5) is 5.69 Å². The van der Waals surface area contributed by atoms with E-state index in [0.717, 1.165) is 40.2 Å². The zero-order valence-corrected chi connectivity index (χ0v) is 13.9. The molecule has 4 bridgehead atoms. The zero-order valence-electron chi connectivity index (χ0n) is 13.0. The number of para-hydroxylation sites is 2. The van der Waals surface area contributed by atoms with Gasteiger partial charge in [0.25, 0.3) is 0 Å². The number of nitrogens with one attached hydrogen (secondary N) is 2. The highest BCUT2D eigenvalue weighted by Gasteiger charge is 2.48. The number of benzene rings is 1. The highest BCUT2D eigenvalue weighted by Crippen LogP contribution is 2.53. The van der Waals surface area contributed by atoms with Crippen LogP contribution in [0.1, 0.15) is 32.1 Å². The number of thiocarbonyl (C=S) groups is 1. The smallest absolute Gasteiger partial charge is 0.171 e. The summed E-state index contributed by atoms with van der Waals surface area (Å²) in [5.41, 5.74) is 0.936. The summed E-state index contributed by atoms with van der Waals surface area (Å²) >= 11 is 5.57. The van der Waals surface area contributed by atoms with Crippen LogP contribution in [0.25, 0.3) is 0 Å². The molecule has 0 aromatic heterocycles. The molecule has 118 valence electrons. The van der Waals surface area contributed by atoms with Crippen LogP contribution in [0.2, 0.25) is 0 Å². The third-order valence-corrected chi connectivity index (χ3v) is 6.10. The third kappa shape index (κ3) is 2.58. The van der Waals surface area contributed by atoms with Crippen molar-refractivity contribution in [3.05, 3.63) is 24.3 Å². The standard InChI is InChI=1S/C18H24N2OS/c1-21-16-5-3-2-4-15(16)19-18(22)20-17-13-7-11-6-12(9-13)10-14(17)8-11/h2-5,11-14,17H,6-10H2,1H3,(H2,19,20,22). The first-order chi connectivity index (χ1) is 10.7. The fourth-order valence-corrected chi connectivity index (χ4v) is 5.46. The fourth-order valence-electron chi connectivity index (χ4n) is 5.22. The molecule has 4 fully saturated rings. The highest BCUT2D eigenvalue weighted by atomic mass is 32.1. The number of hydrogen-bond donors (Lipinski definition) is 2. The SMILES string of the molecule is COc1ccccc1NC(=S)NC1C2CC3CC(C2)CC1C3. The molecule has 2 N–H and O–H groups in total. The molecule has 0 atom stereocenters. The van der Waals surface area contributed by atoms with Crippen LogP contribution >= 0.6 is 12.2 Å². The Morgan fingerprint density at radius 3 is 2.32 bits per heavy atom. The second-order valence-corrected chi connectivity index (χ2v) is 7.66. The van der Waals surface area contributed by atoms with Crippen LogP contribution in [0.5, 0.6) is 5.75 Å². The molecular weight excluding hydrogens is 292 g/mol. The molecule has 0 saturated heterocycles. The average molecular weight is 316 g/mol. The minimum atomic E-state index is 0.572. The lowest BCUT2D eigenvalue weighted by Crippen LogP contribution is -2.56. The summed E-state index contributed by atoms with van der Waals surface area (Å²) in [5, 5.41) is 7.68. The third-order valence-electron chi connectivity index (χ3n) is 5.88. The molecule has 0 aliphatic heterocycles. The number of rotatable bonds is 3. The molecule has 4 heteroatoms. The van der Waals surface area contributed by atoms with Crippen molar-refractivity contribution in [3.8, 4) is 5.75 Å². The minimum Gasteiger partial charge on any atom is -0.495 e. The van der Waals surface area contributed by atoms with Gasteiger partial charge in [-0.3, -0.25) is 0 Å². The molecule has 1 aromatic carbocycles. The quantitative estimate of drug-likeness (QED) is 0.831. The van der Waals surface area contributed by atoms with Crippen molar-refractivity contribution in [2.45, 2.75) is 38.1 Å². The van der Waals surface area contributed by atoms with E-state index in [1.54, 1.807) is 7.11 Å². The van der Waals surface area contributed by atoms with Gasteiger partial charge in [0.15, 0.2) is 5.11 Å². The predicted molar refractivity (Wildman–Crippen MR) is 93.2 cm³/mol. The van der Waals surface area contributed by atoms with E-state index in [4.69, 9.17) is 17.0 Å². The van der Waals surface area contributed by atoms with Gasteiger partial charge in [-0.15, -0.1) is 0 Å². The Morgan fingerprint density at radius 1 is 1.05 bits per heavy atom. The highest BCUT2D eigenvalue weighted by molar-refractivity contribution is 7.80. The van der Waals surface area contributed by atoms with Gasteiger partial charge in [0.2, 0.25) is 0 Å². The maximum atomic E-state index is 5.57. The number of anilines is 1. The Bertz CT molecular complexity index is 546. The molecule has 5 rings (SSSR count).